The Balaban J connectivity index is 1.99. The molecule has 0 amide bonds. The van der Waals surface area contributed by atoms with E-state index in [0.717, 1.165) is 19.7 Å². The molecule has 1 aromatic rings. The monoisotopic (exact) mass is 323 g/mol. The predicted molar refractivity (Wildman–Crippen MR) is 72.4 cm³/mol. The van der Waals surface area contributed by atoms with Gasteiger partial charge in [0.1, 0.15) is 0 Å². The van der Waals surface area contributed by atoms with Crippen LogP contribution < -0.4 is 0 Å². The first kappa shape index (κ1) is 12.8. The topological polar surface area (TPSA) is 12.5 Å². The highest BCUT2D eigenvalue weighted by Gasteiger charge is 2.26. The van der Waals surface area contributed by atoms with Crippen LogP contribution in [0.25, 0.3) is 0 Å². The lowest BCUT2D eigenvalue weighted by molar-refractivity contribution is -0.0507. The minimum atomic E-state index is 0.177. The molecule has 0 saturated carbocycles. The summed E-state index contributed by atoms with van der Waals surface area (Å²) in [6, 6.07) is 2.57. The number of nitrogens with zero attached hydrogens (tertiary/aromatic N) is 1. The van der Waals surface area contributed by atoms with E-state index < -0.39 is 0 Å². The van der Waals surface area contributed by atoms with Crippen molar-refractivity contribution < 1.29 is 4.74 Å². The molecule has 1 aliphatic rings. The fourth-order valence-corrected chi connectivity index (χ4v) is 3.50. The maximum Gasteiger partial charge on any atom is 0.0838 e. The van der Waals surface area contributed by atoms with E-state index in [4.69, 9.17) is 16.3 Å². The normalized spacial score (nSPS) is 27.2. The van der Waals surface area contributed by atoms with Gasteiger partial charge < -0.3 is 4.74 Å². The first-order valence-corrected chi connectivity index (χ1v) is 7.55. The second-order valence-electron chi connectivity index (χ2n) is 4.08. The van der Waals surface area contributed by atoms with Crippen LogP contribution in [0.5, 0.6) is 0 Å². The van der Waals surface area contributed by atoms with Crippen LogP contribution in [0.2, 0.25) is 0 Å². The van der Waals surface area contributed by atoms with Crippen molar-refractivity contribution in [1.82, 2.24) is 4.90 Å². The Kier molecular flexibility index (Phi) is 4.67. The third-order valence-electron chi connectivity index (χ3n) is 2.84. The van der Waals surface area contributed by atoms with E-state index >= 15 is 0 Å². The highest BCUT2D eigenvalue weighted by atomic mass is 79.9. The summed E-state index contributed by atoms with van der Waals surface area (Å²) in [4.78, 5) is 3.81. The fraction of sp³-hybridized carbons (Fsp3) is 0.636. The van der Waals surface area contributed by atoms with E-state index in [-0.39, 0.29) is 6.10 Å². The zero-order valence-electron chi connectivity index (χ0n) is 9.16. The van der Waals surface area contributed by atoms with Crippen molar-refractivity contribution >= 4 is 38.9 Å². The fourth-order valence-electron chi connectivity index (χ4n) is 1.81. The molecular formula is C11H15BrClNOS. The van der Waals surface area contributed by atoms with Crippen LogP contribution in [0.4, 0.5) is 0 Å². The molecule has 2 heterocycles. The zero-order chi connectivity index (χ0) is 11.5. The van der Waals surface area contributed by atoms with Crippen LogP contribution in [0.1, 0.15) is 11.8 Å². The number of hydrogen-bond acceptors (Lipinski definition) is 3. The van der Waals surface area contributed by atoms with Gasteiger partial charge >= 0.3 is 0 Å². The molecule has 1 aromatic heterocycles. The predicted octanol–water partition coefficient (Wildman–Crippen LogP) is 3.34. The van der Waals surface area contributed by atoms with Crippen molar-refractivity contribution in [2.45, 2.75) is 25.6 Å². The lowest BCUT2D eigenvalue weighted by atomic mass is 10.2. The second kappa shape index (κ2) is 5.83. The lowest BCUT2D eigenvalue weighted by Gasteiger charge is -2.37. The molecule has 90 valence electrons. The van der Waals surface area contributed by atoms with E-state index in [1.165, 1.54) is 9.35 Å². The molecule has 5 heteroatoms. The number of rotatable bonds is 3. The Morgan fingerprint density at radius 2 is 2.50 bits per heavy atom. The van der Waals surface area contributed by atoms with Gasteiger partial charge in [-0.2, -0.15) is 0 Å². The van der Waals surface area contributed by atoms with Gasteiger partial charge in [-0.1, -0.05) is 0 Å². The molecule has 1 fully saturated rings. The molecule has 0 N–H and O–H groups in total. The maximum atomic E-state index is 5.85. The van der Waals surface area contributed by atoms with Gasteiger partial charge in [0.15, 0.2) is 0 Å². The summed E-state index contributed by atoms with van der Waals surface area (Å²) in [5, 5.41) is 2.11. The Bertz CT molecular complexity index is 346. The molecule has 0 spiro atoms. The molecule has 2 unspecified atom stereocenters. The average Bonchev–Trinajstić information content (AvgIpc) is 2.68. The summed E-state index contributed by atoms with van der Waals surface area (Å²) in [6.07, 6.45) is 0.177. The summed E-state index contributed by atoms with van der Waals surface area (Å²) >= 11 is 11.2. The number of morpholine rings is 1. The number of hydrogen-bond donors (Lipinski definition) is 0. The number of halogens is 2. The van der Waals surface area contributed by atoms with Crippen LogP contribution >= 0.6 is 38.9 Å². The van der Waals surface area contributed by atoms with E-state index in [9.17, 15) is 0 Å². The minimum Gasteiger partial charge on any atom is -0.374 e. The third kappa shape index (κ3) is 2.99. The van der Waals surface area contributed by atoms with E-state index in [1.54, 1.807) is 11.3 Å². The van der Waals surface area contributed by atoms with Gasteiger partial charge in [0.05, 0.1) is 12.7 Å². The Hall–Kier alpha value is 0.390. The van der Waals surface area contributed by atoms with Gasteiger partial charge in [0, 0.05) is 34.4 Å². The smallest absolute Gasteiger partial charge is 0.0838 e. The van der Waals surface area contributed by atoms with Crippen molar-refractivity contribution in [3.63, 3.8) is 0 Å². The van der Waals surface area contributed by atoms with Crippen LogP contribution in [-0.2, 0) is 11.3 Å². The molecule has 0 radical (unpaired) electrons. The summed E-state index contributed by atoms with van der Waals surface area (Å²) in [7, 11) is 0. The lowest BCUT2D eigenvalue weighted by Crippen LogP contribution is -2.48. The van der Waals surface area contributed by atoms with Crippen LogP contribution in [0.3, 0.4) is 0 Å². The summed E-state index contributed by atoms with van der Waals surface area (Å²) in [6.45, 7) is 4.89. The molecular weight excluding hydrogens is 310 g/mol. The summed E-state index contributed by atoms with van der Waals surface area (Å²) in [5.41, 5.74) is 0. The van der Waals surface area contributed by atoms with E-state index in [1.807, 2.05) is 0 Å². The molecule has 2 rings (SSSR count). The quantitative estimate of drug-likeness (QED) is 0.791. The van der Waals surface area contributed by atoms with Crippen molar-refractivity contribution in [3.8, 4) is 0 Å². The number of ether oxygens (including phenoxy) is 1. The highest BCUT2D eigenvalue weighted by molar-refractivity contribution is 9.10. The van der Waals surface area contributed by atoms with Crippen molar-refractivity contribution in [2.75, 3.05) is 19.0 Å². The Morgan fingerprint density at radius 1 is 1.69 bits per heavy atom. The third-order valence-corrected chi connectivity index (χ3v) is 5.10. The molecule has 0 aromatic carbocycles. The van der Waals surface area contributed by atoms with Crippen LogP contribution in [-0.4, -0.2) is 36.1 Å². The average molecular weight is 325 g/mol. The SMILES string of the molecule is CC1COC(CCl)CN1Cc1sccc1Br. The van der Waals surface area contributed by atoms with Crippen molar-refractivity contribution in [1.29, 1.82) is 0 Å². The largest absolute Gasteiger partial charge is 0.374 e. The van der Waals surface area contributed by atoms with Crippen molar-refractivity contribution in [2.24, 2.45) is 0 Å². The molecule has 0 aliphatic carbocycles. The Morgan fingerprint density at radius 3 is 3.12 bits per heavy atom. The van der Waals surface area contributed by atoms with Gasteiger partial charge in [-0.15, -0.1) is 22.9 Å². The molecule has 1 aliphatic heterocycles. The van der Waals surface area contributed by atoms with Crippen LogP contribution in [0.15, 0.2) is 15.9 Å². The van der Waals surface area contributed by atoms with Gasteiger partial charge in [0.2, 0.25) is 0 Å². The first-order valence-electron chi connectivity index (χ1n) is 5.34. The maximum absolute atomic E-state index is 5.85. The molecule has 0 bridgehead atoms. The van der Waals surface area contributed by atoms with Crippen LogP contribution in [0, 0.1) is 0 Å². The van der Waals surface area contributed by atoms with Gasteiger partial charge in [0.25, 0.3) is 0 Å². The zero-order valence-corrected chi connectivity index (χ0v) is 12.3. The molecule has 16 heavy (non-hydrogen) atoms. The van der Waals surface area contributed by atoms with E-state index in [2.05, 4.69) is 39.2 Å². The van der Waals surface area contributed by atoms with Crippen molar-refractivity contribution in [3.05, 3.63) is 20.8 Å². The second-order valence-corrected chi connectivity index (χ2v) is 6.24. The van der Waals surface area contributed by atoms with Gasteiger partial charge in [-0.25, -0.2) is 0 Å². The number of thiophene rings is 1. The standard InChI is InChI=1S/C11H15BrClNOS/c1-8-7-15-9(4-13)5-14(8)6-11-10(12)2-3-16-11/h2-3,8-9H,4-7H2,1H3. The molecule has 2 atom stereocenters. The number of alkyl halides is 1. The van der Waals surface area contributed by atoms with Gasteiger partial charge in [-0.3, -0.25) is 4.90 Å². The first-order chi connectivity index (χ1) is 7.70. The minimum absolute atomic E-state index is 0.177. The molecule has 1 saturated heterocycles. The van der Waals surface area contributed by atoms with Gasteiger partial charge in [-0.05, 0) is 34.3 Å². The Labute approximate surface area is 114 Å². The van der Waals surface area contributed by atoms with E-state index in [0.29, 0.717) is 11.9 Å². The summed E-state index contributed by atoms with van der Waals surface area (Å²) < 4.78 is 6.84. The highest BCUT2D eigenvalue weighted by Crippen LogP contribution is 2.26. The summed E-state index contributed by atoms with van der Waals surface area (Å²) in [5.74, 6) is 0.578. The molecule has 2 nitrogen and oxygen atoms in total.